The summed E-state index contributed by atoms with van der Waals surface area (Å²) in [6.07, 6.45) is 1.32. The van der Waals surface area contributed by atoms with E-state index in [1.54, 1.807) is 14.0 Å². The van der Waals surface area contributed by atoms with Gasteiger partial charge in [-0.3, -0.25) is 4.79 Å². The van der Waals surface area contributed by atoms with Crippen molar-refractivity contribution in [1.82, 2.24) is 9.31 Å². The Morgan fingerprint density at radius 3 is 2.25 bits per heavy atom. The zero-order valence-electron chi connectivity index (χ0n) is 14.3. The van der Waals surface area contributed by atoms with Crippen molar-refractivity contribution in [2.24, 2.45) is 14.1 Å². The topological polar surface area (TPSA) is 57.1 Å². The molecule has 2 aromatic heterocycles. The zero-order valence-corrected chi connectivity index (χ0v) is 14.3. The Hall–Kier alpha value is -2.82. The Bertz CT molecular complexity index is 956. The first-order valence-corrected chi connectivity index (χ1v) is 7.80. The van der Waals surface area contributed by atoms with Gasteiger partial charge in [-0.15, -0.1) is 0 Å². The number of nitrogens with zero attached hydrogens (tertiary/aromatic N) is 2. The minimum atomic E-state index is -0.135. The van der Waals surface area contributed by atoms with Gasteiger partial charge in [-0.25, -0.2) is 0 Å². The van der Waals surface area contributed by atoms with E-state index in [4.69, 9.17) is 4.52 Å². The van der Waals surface area contributed by atoms with E-state index >= 15 is 0 Å². The van der Waals surface area contributed by atoms with Gasteiger partial charge in [-0.05, 0) is 31.0 Å². The summed E-state index contributed by atoms with van der Waals surface area (Å²) in [7, 11) is 3.57. The Morgan fingerprint density at radius 2 is 1.71 bits per heavy atom. The van der Waals surface area contributed by atoms with Gasteiger partial charge in [0.05, 0.1) is 5.56 Å². The molecular weight excluding hydrogens is 304 g/mol. The molecule has 3 rings (SSSR count). The van der Waals surface area contributed by atoms with Gasteiger partial charge in [0.2, 0.25) is 0 Å². The Labute approximate surface area is 140 Å². The minimum absolute atomic E-state index is 0.135. The van der Waals surface area contributed by atoms with Crippen molar-refractivity contribution in [1.29, 1.82) is 0 Å². The van der Waals surface area contributed by atoms with Crippen LogP contribution in [0, 0.1) is 13.8 Å². The van der Waals surface area contributed by atoms with Crippen LogP contribution in [0.3, 0.4) is 0 Å². The molecule has 24 heavy (non-hydrogen) atoms. The number of rotatable bonds is 4. The van der Waals surface area contributed by atoms with Crippen molar-refractivity contribution < 1.29 is 9.32 Å². The van der Waals surface area contributed by atoms with E-state index in [9.17, 15) is 9.59 Å². The van der Waals surface area contributed by atoms with Crippen LogP contribution >= 0.6 is 0 Å². The lowest BCUT2D eigenvalue weighted by atomic mass is 10.0. The molecule has 1 aromatic carbocycles. The number of aryl methyl sites for hydroxylation is 2. The lowest BCUT2D eigenvalue weighted by Gasteiger charge is -2.04. The predicted octanol–water partition coefficient (Wildman–Crippen LogP) is 3.01. The second-order valence-electron chi connectivity index (χ2n) is 5.97. The fraction of sp³-hybridized carbons (Fsp3) is 0.263. The third-order valence-corrected chi connectivity index (χ3v) is 4.54. The summed E-state index contributed by atoms with van der Waals surface area (Å²) < 4.78 is 8.62. The molecule has 0 atom stereocenters. The van der Waals surface area contributed by atoms with Crippen molar-refractivity contribution in [2.45, 2.75) is 20.3 Å². The summed E-state index contributed by atoms with van der Waals surface area (Å²) in [6.45, 7) is 3.82. The summed E-state index contributed by atoms with van der Waals surface area (Å²) in [5, 5.41) is 0. The van der Waals surface area contributed by atoms with E-state index in [-0.39, 0.29) is 5.56 Å². The molecule has 0 aliphatic rings. The molecular formula is C19H20N2O3. The van der Waals surface area contributed by atoms with Crippen molar-refractivity contribution in [3.63, 3.8) is 0 Å². The van der Waals surface area contributed by atoms with Gasteiger partial charge in [0.15, 0.2) is 0 Å². The van der Waals surface area contributed by atoms with Crippen LogP contribution in [-0.2, 0) is 25.3 Å². The molecule has 0 radical (unpaired) electrons. The number of aromatic nitrogens is 2. The normalized spacial score (nSPS) is 11.0. The molecule has 0 saturated heterocycles. The highest BCUT2D eigenvalue weighted by Gasteiger charge is 2.15. The maximum atomic E-state index is 12.2. The van der Waals surface area contributed by atoms with E-state index in [0.29, 0.717) is 17.7 Å². The molecule has 0 unspecified atom stereocenters. The molecule has 2 heterocycles. The van der Waals surface area contributed by atoms with Gasteiger partial charge in [0, 0.05) is 37.5 Å². The average molecular weight is 324 g/mol. The first kappa shape index (κ1) is 16.1. The molecule has 0 saturated carbocycles. The zero-order chi connectivity index (χ0) is 17.4. The standard InChI is InChI=1S/C19H20N2O3/c1-12-17(11-16(9-10-22)20(12)3)14-5-7-15(8-6-14)18-13(2)24-21(4)19(18)23/h5-8,10-11H,9H2,1-4H3. The maximum Gasteiger partial charge on any atom is 0.290 e. The van der Waals surface area contributed by atoms with E-state index in [1.165, 1.54) is 4.74 Å². The van der Waals surface area contributed by atoms with Crippen LogP contribution in [0.2, 0.25) is 0 Å². The highest BCUT2D eigenvalue weighted by atomic mass is 16.5. The Balaban J connectivity index is 2.03. The largest absolute Gasteiger partial charge is 0.381 e. The van der Waals surface area contributed by atoms with E-state index in [1.807, 2.05) is 48.9 Å². The second kappa shape index (κ2) is 6.00. The van der Waals surface area contributed by atoms with E-state index < -0.39 is 0 Å². The van der Waals surface area contributed by atoms with Crippen molar-refractivity contribution >= 4 is 6.29 Å². The quantitative estimate of drug-likeness (QED) is 0.693. The fourth-order valence-corrected chi connectivity index (χ4v) is 3.08. The van der Waals surface area contributed by atoms with Crippen LogP contribution in [0.1, 0.15) is 17.1 Å². The molecule has 0 bridgehead atoms. The summed E-state index contributed by atoms with van der Waals surface area (Å²) in [5.74, 6) is 0.611. The highest BCUT2D eigenvalue weighted by molar-refractivity contribution is 5.73. The summed E-state index contributed by atoms with van der Waals surface area (Å²) in [6, 6.07) is 9.89. The highest BCUT2D eigenvalue weighted by Crippen LogP contribution is 2.29. The third kappa shape index (κ3) is 2.52. The predicted molar refractivity (Wildman–Crippen MR) is 93.0 cm³/mol. The van der Waals surface area contributed by atoms with Gasteiger partial charge in [0.1, 0.15) is 12.0 Å². The Morgan fingerprint density at radius 1 is 1.08 bits per heavy atom. The number of hydrogen-bond donors (Lipinski definition) is 0. The minimum Gasteiger partial charge on any atom is -0.381 e. The van der Waals surface area contributed by atoms with Crippen LogP contribution in [0.15, 0.2) is 39.6 Å². The number of benzene rings is 1. The fourth-order valence-electron chi connectivity index (χ4n) is 3.08. The molecule has 0 amide bonds. The molecule has 5 heteroatoms. The van der Waals surface area contributed by atoms with Gasteiger partial charge >= 0.3 is 0 Å². The van der Waals surface area contributed by atoms with Gasteiger partial charge in [0.25, 0.3) is 5.56 Å². The molecule has 0 fully saturated rings. The molecule has 124 valence electrons. The van der Waals surface area contributed by atoms with Crippen LogP contribution in [-0.4, -0.2) is 15.6 Å². The van der Waals surface area contributed by atoms with Crippen molar-refractivity contribution in [3.8, 4) is 22.3 Å². The maximum absolute atomic E-state index is 12.2. The van der Waals surface area contributed by atoms with Gasteiger partial charge in [-0.2, -0.15) is 4.74 Å². The summed E-state index contributed by atoms with van der Waals surface area (Å²) in [4.78, 5) is 22.9. The van der Waals surface area contributed by atoms with E-state index in [0.717, 1.165) is 34.4 Å². The van der Waals surface area contributed by atoms with Crippen LogP contribution in [0.25, 0.3) is 22.3 Å². The third-order valence-electron chi connectivity index (χ3n) is 4.54. The molecule has 3 aromatic rings. The average Bonchev–Trinajstić information content (AvgIpc) is 2.98. The van der Waals surface area contributed by atoms with Gasteiger partial charge < -0.3 is 13.9 Å². The molecule has 0 spiro atoms. The lowest BCUT2D eigenvalue weighted by molar-refractivity contribution is -0.107. The Kier molecular flexibility index (Phi) is 4.01. The molecule has 0 aliphatic carbocycles. The summed E-state index contributed by atoms with van der Waals surface area (Å²) in [5.41, 5.74) is 5.54. The lowest BCUT2D eigenvalue weighted by Crippen LogP contribution is -2.11. The van der Waals surface area contributed by atoms with Crippen molar-refractivity contribution in [3.05, 3.63) is 57.8 Å². The van der Waals surface area contributed by atoms with Crippen LogP contribution in [0.4, 0.5) is 0 Å². The van der Waals surface area contributed by atoms with E-state index in [2.05, 4.69) is 0 Å². The molecule has 5 nitrogen and oxygen atoms in total. The number of aldehydes is 1. The summed E-state index contributed by atoms with van der Waals surface area (Å²) >= 11 is 0. The van der Waals surface area contributed by atoms with Crippen LogP contribution < -0.4 is 5.56 Å². The van der Waals surface area contributed by atoms with Crippen LogP contribution in [0.5, 0.6) is 0 Å². The first-order chi connectivity index (χ1) is 11.4. The number of hydrogen-bond acceptors (Lipinski definition) is 3. The molecule has 0 N–H and O–H groups in total. The van der Waals surface area contributed by atoms with Gasteiger partial charge in [-0.1, -0.05) is 24.3 Å². The monoisotopic (exact) mass is 324 g/mol. The number of carbonyl (C=O) groups is 1. The molecule has 0 aliphatic heterocycles. The number of carbonyl (C=O) groups excluding carboxylic acids is 1. The second-order valence-corrected chi connectivity index (χ2v) is 5.97. The van der Waals surface area contributed by atoms with Crippen molar-refractivity contribution in [2.75, 3.05) is 0 Å². The first-order valence-electron chi connectivity index (χ1n) is 7.80. The SMILES string of the molecule is Cc1on(C)c(=O)c1-c1ccc(-c2cc(CC=O)n(C)c2C)cc1. The smallest absolute Gasteiger partial charge is 0.290 e.